The lowest BCUT2D eigenvalue weighted by atomic mass is 9.62. The fourth-order valence-corrected chi connectivity index (χ4v) is 8.75. The zero-order chi connectivity index (χ0) is 23.8. The molecule has 4 saturated carbocycles. The smallest absolute Gasteiger partial charge is 0.332 e. The molecule has 34 heavy (non-hydrogen) atoms. The van der Waals surface area contributed by atoms with Crippen molar-refractivity contribution in [2.75, 3.05) is 0 Å². The Morgan fingerprint density at radius 2 is 1.00 bits per heavy atom. The summed E-state index contributed by atoms with van der Waals surface area (Å²) in [6.07, 6.45) is 30.0. The molecule has 0 atom stereocenters. The second-order valence-electron chi connectivity index (χ2n) is 13.2. The predicted octanol–water partition coefficient (Wildman–Crippen LogP) is 9.87. The molecule has 0 aromatic rings. The lowest BCUT2D eigenvalue weighted by Crippen LogP contribution is -2.34. The van der Waals surface area contributed by atoms with Gasteiger partial charge in [-0.25, -0.2) is 4.79 Å². The quantitative estimate of drug-likeness (QED) is 0.340. The van der Waals surface area contributed by atoms with Gasteiger partial charge in [0.1, 0.15) is 0 Å². The fourth-order valence-electron chi connectivity index (χ4n) is 8.75. The number of aliphatic carboxylic acids is 1. The van der Waals surface area contributed by atoms with E-state index in [9.17, 15) is 9.90 Å². The number of allylic oxidation sites excluding steroid dienone is 1. The molecule has 0 saturated heterocycles. The van der Waals surface area contributed by atoms with Crippen molar-refractivity contribution < 1.29 is 9.90 Å². The van der Waals surface area contributed by atoms with E-state index in [1.165, 1.54) is 134 Å². The summed E-state index contributed by atoms with van der Waals surface area (Å²) >= 11 is 0. The SMILES string of the molecule is CC(CC1CCCCC1)(CC1CCCCC1)C(C(=O)O)=C(CC1CCCCC1)C1CCCCC1. The average Bonchev–Trinajstić information content (AvgIpc) is 2.86. The molecule has 0 aromatic heterocycles. The molecule has 0 bridgehead atoms. The Hall–Kier alpha value is -0.790. The van der Waals surface area contributed by atoms with Crippen molar-refractivity contribution in [3.8, 4) is 0 Å². The number of rotatable bonds is 9. The monoisotopic (exact) mass is 470 g/mol. The molecule has 194 valence electrons. The predicted molar refractivity (Wildman–Crippen MR) is 143 cm³/mol. The lowest BCUT2D eigenvalue weighted by Gasteiger charge is -2.42. The zero-order valence-corrected chi connectivity index (χ0v) is 22.4. The van der Waals surface area contributed by atoms with Crippen LogP contribution < -0.4 is 0 Å². The summed E-state index contributed by atoms with van der Waals surface area (Å²) in [5.41, 5.74) is 2.23. The van der Waals surface area contributed by atoms with E-state index in [1.807, 2.05) is 0 Å². The van der Waals surface area contributed by atoms with Crippen LogP contribution >= 0.6 is 0 Å². The van der Waals surface area contributed by atoms with Crippen LogP contribution in [0.15, 0.2) is 11.1 Å². The van der Waals surface area contributed by atoms with E-state index in [2.05, 4.69) is 6.92 Å². The molecule has 0 amide bonds. The Balaban J connectivity index is 1.70. The minimum Gasteiger partial charge on any atom is -0.478 e. The molecule has 4 rings (SSSR count). The normalized spacial score (nSPS) is 25.8. The highest BCUT2D eigenvalue weighted by molar-refractivity contribution is 5.89. The van der Waals surface area contributed by atoms with Gasteiger partial charge in [0.15, 0.2) is 0 Å². The summed E-state index contributed by atoms with van der Waals surface area (Å²) < 4.78 is 0. The van der Waals surface area contributed by atoms with Gasteiger partial charge in [-0.3, -0.25) is 0 Å². The van der Waals surface area contributed by atoms with Gasteiger partial charge >= 0.3 is 5.97 Å². The van der Waals surface area contributed by atoms with Gasteiger partial charge in [0.25, 0.3) is 0 Å². The van der Waals surface area contributed by atoms with E-state index in [-0.39, 0.29) is 5.41 Å². The first-order valence-electron chi connectivity index (χ1n) is 15.5. The van der Waals surface area contributed by atoms with Gasteiger partial charge in [-0.2, -0.15) is 0 Å². The Kier molecular flexibility index (Phi) is 10.0. The molecular weight excluding hydrogens is 416 g/mol. The van der Waals surface area contributed by atoms with E-state index in [1.54, 1.807) is 0 Å². The van der Waals surface area contributed by atoms with Gasteiger partial charge in [0.05, 0.1) is 0 Å². The Labute approximate surface area is 210 Å². The second-order valence-corrected chi connectivity index (χ2v) is 13.2. The van der Waals surface area contributed by atoms with Crippen molar-refractivity contribution in [2.45, 2.75) is 155 Å². The Bertz CT molecular complexity index is 632. The van der Waals surface area contributed by atoms with E-state index in [0.29, 0.717) is 5.92 Å². The summed E-state index contributed by atoms with van der Waals surface area (Å²) in [6.45, 7) is 2.42. The largest absolute Gasteiger partial charge is 0.478 e. The molecule has 2 nitrogen and oxygen atoms in total. The van der Waals surface area contributed by atoms with Gasteiger partial charge in [-0.15, -0.1) is 0 Å². The molecule has 0 radical (unpaired) electrons. The van der Waals surface area contributed by atoms with Crippen molar-refractivity contribution in [3.63, 3.8) is 0 Å². The van der Waals surface area contributed by atoms with Crippen LogP contribution in [-0.4, -0.2) is 11.1 Å². The van der Waals surface area contributed by atoms with E-state index >= 15 is 0 Å². The molecular formula is C32H54O2. The highest BCUT2D eigenvalue weighted by Gasteiger charge is 2.41. The Morgan fingerprint density at radius 1 is 0.618 bits per heavy atom. The molecule has 0 spiro atoms. The summed E-state index contributed by atoms with van der Waals surface area (Å²) in [7, 11) is 0. The van der Waals surface area contributed by atoms with Gasteiger partial charge in [0, 0.05) is 11.0 Å². The molecule has 0 aromatic carbocycles. The number of hydrogen-bond acceptors (Lipinski definition) is 1. The average molecular weight is 471 g/mol. The minimum absolute atomic E-state index is 0.142. The van der Waals surface area contributed by atoms with Crippen molar-refractivity contribution in [2.24, 2.45) is 29.1 Å². The number of hydrogen-bond donors (Lipinski definition) is 1. The lowest BCUT2D eigenvalue weighted by molar-refractivity contribution is -0.134. The molecule has 2 heteroatoms. The minimum atomic E-state index is -0.550. The van der Waals surface area contributed by atoms with Crippen molar-refractivity contribution >= 4 is 5.97 Å². The third kappa shape index (κ3) is 7.13. The summed E-state index contributed by atoms with van der Waals surface area (Å²) in [6, 6.07) is 0. The van der Waals surface area contributed by atoms with Crippen LogP contribution in [0.2, 0.25) is 0 Å². The van der Waals surface area contributed by atoms with Gasteiger partial charge in [-0.05, 0) is 55.8 Å². The van der Waals surface area contributed by atoms with Crippen molar-refractivity contribution in [3.05, 3.63) is 11.1 Å². The maximum Gasteiger partial charge on any atom is 0.332 e. The van der Waals surface area contributed by atoms with Crippen LogP contribution in [0.1, 0.15) is 155 Å². The van der Waals surface area contributed by atoms with Crippen LogP contribution in [0.3, 0.4) is 0 Å². The maximum absolute atomic E-state index is 13.3. The molecule has 4 aliphatic carbocycles. The van der Waals surface area contributed by atoms with E-state index in [4.69, 9.17) is 0 Å². The van der Waals surface area contributed by atoms with Crippen molar-refractivity contribution in [1.82, 2.24) is 0 Å². The molecule has 0 unspecified atom stereocenters. The van der Waals surface area contributed by atoms with E-state index < -0.39 is 5.97 Å². The topological polar surface area (TPSA) is 37.3 Å². The zero-order valence-electron chi connectivity index (χ0n) is 22.4. The van der Waals surface area contributed by atoms with Crippen LogP contribution in [-0.2, 0) is 4.79 Å². The number of carboxylic acid groups (broad SMARTS) is 1. The standard InChI is InChI=1S/C32H54O2/c1-32(23-26-16-8-3-9-17-26,24-27-18-10-4-11-19-27)30(31(33)34)29(28-20-12-5-13-21-28)22-25-14-6-2-7-15-25/h25-28H,2-24H2,1H3,(H,33,34). The fraction of sp³-hybridized carbons (Fsp3) is 0.906. The van der Waals surface area contributed by atoms with Gasteiger partial charge in [0.2, 0.25) is 0 Å². The highest BCUT2D eigenvalue weighted by Crippen LogP contribution is 2.50. The summed E-state index contributed by atoms with van der Waals surface area (Å²) in [5, 5.41) is 10.9. The highest BCUT2D eigenvalue weighted by atomic mass is 16.4. The van der Waals surface area contributed by atoms with Gasteiger partial charge < -0.3 is 5.11 Å². The molecule has 4 aliphatic rings. The summed E-state index contributed by atoms with van der Waals surface area (Å²) in [5.74, 6) is 2.19. The van der Waals surface area contributed by atoms with Crippen LogP contribution in [0, 0.1) is 29.1 Å². The van der Waals surface area contributed by atoms with Crippen LogP contribution in [0.4, 0.5) is 0 Å². The molecule has 0 heterocycles. The first-order chi connectivity index (χ1) is 16.5. The molecule has 0 aliphatic heterocycles. The van der Waals surface area contributed by atoms with Crippen LogP contribution in [0.25, 0.3) is 0 Å². The van der Waals surface area contributed by atoms with Gasteiger partial charge in [-0.1, -0.05) is 128 Å². The first kappa shape index (κ1) is 26.3. The Morgan fingerprint density at radius 3 is 1.41 bits per heavy atom. The summed E-state index contributed by atoms with van der Waals surface area (Å²) in [4.78, 5) is 13.3. The third-order valence-corrected chi connectivity index (χ3v) is 10.4. The van der Waals surface area contributed by atoms with Crippen molar-refractivity contribution in [1.29, 1.82) is 0 Å². The number of carbonyl (C=O) groups is 1. The number of carboxylic acids is 1. The first-order valence-corrected chi connectivity index (χ1v) is 15.5. The third-order valence-electron chi connectivity index (χ3n) is 10.4. The van der Waals surface area contributed by atoms with E-state index in [0.717, 1.165) is 42.6 Å². The molecule has 4 fully saturated rings. The second kappa shape index (κ2) is 13.0. The maximum atomic E-state index is 13.3. The molecule has 1 N–H and O–H groups in total. The van der Waals surface area contributed by atoms with Crippen LogP contribution in [0.5, 0.6) is 0 Å².